The molecule has 0 spiro atoms. The summed E-state index contributed by atoms with van der Waals surface area (Å²) in [5.74, 6) is 0.0217. The largest absolute Gasteiger partial charge is 0.395 e. The molecule has 4 heteroatoms. The molecule has 0 radical (unpaired) electrons. The molecule has 0 atom stereocenters. The van der Waals surface area contributed by atoms with Crippen LogP contribution in [0.5, 0.6) is 0 Å². The second kappa shape index (κ2) is 7.10. The van der Waals surface area contributed by atoms with Crippen molar-refractivity contribution in [2.24, 2.45) is 5.73 Å². The van der Waals surface area contributed by atoms with Gasteiger partial charge in [-0.15, -0.1) is 0 Å². The summed E-state index contributed by atoms with van der Waals surface area (Å²) in [6.07, 6.45) is 7.01. The van der Waals surface area contributed by atoms with Crippen LogP contribution in [0.3, 0.4) is 0 Å². The van der Waals surface area contributed by atoms with Crippen molar-refractivity contribution in [3.63, 3.8) is 0 Å². The van der Waals surface area contributed by atoms with Crippen LogP contribution in [0.2, 0.25) is 0 Å². The van der Waals surface area contributed by atoms with Crippen LogP contribution in [0.15, 0.2) is 0 Å². The van der Waals surface area contributed by atoms with E-state index in [1.807, 2.05) is 18.7 Å². The number of aliphatic hydroxyl groups is 1. The molecule has 1 saturated carbocycles. The molecule has 0 saturated heterocycles. The van der Waals surface area contributed by atoms with E-state index in [0.29, 0.717) is 19.4 Å². The lowest BCUT2D eigenvalue weighted by Gasteiger charge is -2.39. The molecular weight excluding hydrogens is 228 g/mol. The number of nitrogens with two attached hydrogens (primary N) is 1. The molecule has 1 aliphatic rings. The van der Waals surface area contributed by atoms with Crippen molar-refractivity contribution in [1.29, 1.82) is 0 Å². The lowest BCUT2D eigenvalue weighted by molar-refractivity contribution is -0.141. The van der Waals surface area contributed by atoms with Gasteiger partial charge in [0.25, 0.3) is 0 Å². The predicted molar refractivity (Wildman–Crippen MR) is 73.2 cm³/mol. The van der Waals surface area contributed by atoms with E-state index in [1.54, 1.807) is 0 Å². The molecule has 1 rings (SSSR count). The maximum atomic E-state index is 12.6. The van der Waals surface area contributed by atoms with Gasteiger partial charge in [-0.3, -0.25) is 4.79 Å². The zero-order chi connectivity index (χ0) is 13.6. The maximum Gasteiger partial charge on any atom is 0.242 e. The van der Waals surface area contributed by atoms with E-state index in [4.69, 9.17) is 5.73 Å². The van der Waals surface area contributed by atoms with Crippen molar-refractivity contribution >= 4 is 5.91 Å². The van der Waals surface area contributed by atoms with Crippen LogP contribution in [0.1, 0.15) is 58.8 Å². The minimum atomic E-state index is -0.757. The standard InChI is InChI=1S/C14H28N2O2/c1-3-14(15,4-2)13(18)16(10-11-17)12-8-6-5-7-9-12/h12,17H,3-11,15H2,1-2H3. The van der Waals surface area contributed by atoms with Gasteiger partial charge in [-0.05, 0) is 25.7 Å². The average molecular weight is 256 g/mol. The summed E-state index contributed by atoms with van der Waals surface area (Å²) in [6.45, 7) is 4.35. The molecule has 0 aromatic heterocycles. The van der Waals surface area contributed by atoms with Crippen LogP contribution in [0.25, 0.3) is 0 Å². The van der Waals surface area contributed by atoms with Gasteiger partial charge in [-0.2, -0.15) is 0 Å². The number of aliphatic hydroxyl groups excluding tert-OH is 1. The second-order valence-corrected chi connectivity index (χ2v) is 5.38. The van der Waals surface area contributed by atoms with Gasteiger partial charge in [0.15, 0.2) is 0 Å². The lowest BCUT2D eigenvalue weighted by atomic mass is 9.88. The van der Waals surface area contributed by atoms with Crippen molar-refractivity contribution in [2.75, 3.05) is 13.2 Å². The van der Waals surface area contributed by atoms with Crippen molar-refractivity contribution in [3.8, 4) is 0 Å². The van der Waals surface area contributed by atoms with E-state index in [0.717, 1.165) is 12.8 Å². The molecule has 0 aliphatic heterocycles. The van der Waals surface area contributed by atoms with Crippen LogP contribution in [-0.2, 0) is 4.79 Å². The number of carbonyl (C=O) groups excluding carboxylic acids is 1. The molecule has 1 fully saturated rings. The summed E-state index contributed by atoms with van der Waals surface area (Å²) in [5, 5.41) is 9.19. The fourth-order valence-corrected chi connectivity index (χ4v) is 2.79. The molecular formula is C14H28N2O2. The minimum absolute atomic E-state index is 0.0196. The molecule has 106 valence electrons. The van der Waals surface area contributed by atoms with Gasteiger partial charge in [0.05, 0.1) is 12.1 Å². The molecule has 1 amide bonds. The van der Waals surface area contributed by atoms with Crippen LogP contribution >= 0.6 is 0 Å². The minimum Gasteiger partial charge on any atom is -0.395 e. The van der Waals surface area contributed by atoms with Crippen LogP contribution in [-0.4, -0.2) is 40.6 Å². The normalized spacial score (nSPS) is 17.8. The number of hydrogen-bond acceptors (Lipinski definition) is 3. The topological polar surface area (TPSA) is 66.6 Å². The third-order valence-electron chi connectivity index (χ3n) is 4.30. The Bertz CT molecular complexity index is 259. The first-order valence-corrected chi connectivity index (χ1v) is 7.29. The molecule has 0 unspecified atom stereocenters. The highest BCUT2D eigenvalue weighted by Gasteiger charge is 2.37. The van der Waals surface area contributed by atoms with E-state index < -0.39 is 5.54 Å². The zero-order valence-corrected chi connectivity index (χ0v) is 11.8. The summed E-state index contributed by atoms with van der Waals surface area (Å²) in [7, 11) is 0. The smallest absolute Gasteiger partial charge is 0.242 e. The Morgan fingerprint density at radius 2 is 1.83 bits per heavy atom. The highest BCUT2D eigenvalue weighted by atomic mass is 16.3. The fourth-order valence-electron chi connectivity index (χ4n) is 2.79. The number of nitrogens with zero attached hydrogens (tertiary/aromatic N) is 1. The Labute approximate surface area is 111 Å². The van der Waals surface area contributed by atoms with E-state index >= 15 is 0 Å². The Hall–Kier alpha value is -0.610. The van der Waals surface area contributed by atoms with Crippen LogP contribution in [0.4, 0.5) is 0 Å². The van der Waals surface area contributed by atoms with Crippen LogP contribution in [0, 0.1) is 0 Å². The summed E-state index contributed by atoms with van der Waals surface area (Å²) in [5.41, 5.74) is 5.45. The fraction of sp³-hybridized carbons (Fsp3) is 0.929. The van der Waals surface area contributed by atoms with Gasteiger partial charge >= 0.3 is 0 Å². The lowest BCUT2D eigenvalue weighted by Crippen LogP contribution is -2.58. The Morgan fingerprint density at radius 1 is 1.28 bits per heavy atom. The Balaban J connectivity index is 2.79. The summed E-state index contributed by atoms with van der Waals surface area (Å²) < 4.78 is 0. The summed E-state index contributed by atoms with van der Waals surface area (Å²) >= 11 is 0. The van der Waals surface area contributed by atoms with Gasteiger partial charge in [0, 0.05) is 12.6 Å². The van der Waals surface area contributed by atoms with E-state index in [1.165, 1.54) is 19.3 Å². The number of amides is 1. The molecule has 3 N–H and O–H groups in total. The predicted octanol–water partition coefficient (Wildman–Crippen LogP) is 1.66. The molecule has 0 bridgehead atoms. The van der Waals surface area contributed by atoms with Gasteiger partial charge in [0.2, 0.25) is 5.91 Å². The van der Waals surface area contributed by atoms with E-state index in [-0.39, 0.29) is 18.6 Å². The second-order valence-electron chi connectivity index (χ2n) is 5.38. The molecule has 0 heterocycles. The highest BCUT2D eigenvalue weighted by Crippen LogP contribution is 2.25. The zero-order valence-electron chi connectivity index (χ0n) is 11.8. The number of rotatable bonds is 6. The van der Waals surface area contributed by atoms with Gasteiger partial charge in [-0.25, -0.2) is 0 Å². The monoisotopic (exact) mass is 256 g/mol. The van der Waals surface area contributed by atoms with Gasteiger partial charge in [0.1, 0.15) is 0 Å². The van der Waals surface area contributed by atoms with Crippen molar-refractivity contribution in [1.82, 2.24) is 4.90 Å². The Kier molecular flexibility index (Phi) is 6.09. The number of hydrogen-bond donors (Lipinski definition) is 2. The van der Waals surface area contributed by atoms with Crippen molar-refractivity contribution < 1.29 is 9.90 Å². The number of carbonyl (C=O) groups is 1. The molecule has 4 nitrogen and oxygen atoms in total. The SMILES string of the molecule is CCC(N)(CC)C(=O)N(CCO)C1CCCCC1. The van der Waals surface area contributed by atoms with Gasteiger partial charge < -0.3 is 15.7 Å². The summed E-state index contributed by atoms with van der Waals surface area (Å²) in [4.78, 5) is 14.4. The molecule has 0 aromatic carbocycles. The average Bonchev–Trinajstić information content (AvgIpc) is 2.44. The van der Waals surface area contributed by atoms with Gasteiger partial charge in [-0.1, -0.05) is 33.1 Å². The molecule has 1 aliphatic carbocycles. The summed E-state index contributed by atoms with van der Waals surface area (Å²) in [6, 6.07) is 0.277. The van der Waals surface area contributed by atoms with Crippen LogP contribution < -0.4 is 5.73 Å². The van der Waals surface area contributed by atoms with E-state index in [2.05, 4.69) is 0 Å². The Morgan fingerprint density at radius 3 is 2.28 bits per heavy atom. The first-order valence-electron chi connectivity index (χ1n) is 7.29. The molecule has 0 aromatic rings. The molecule has 18 heavy (non-hydrogen) atoms. The third kappa shape index (κ3) is 3.45. The highest BCUT2D eigenvalue weighted by molar-refractivity contribution is 5.86. The third-order valence-corrected chi connectivity index (χ3v) is 4.30. The first kappa shape index (κ1) is 15.4. The van der Waals surface area contributed by atoms with E-state index in [9.17, 15) is 9.90 Å². The maximum absolute atomic E-state index is 12.6. The first-order chi connectivity index (χ1) is 8.59. The van der Waals surface area contributed by atoms with Crippen molar-refractivity contribution in [2.45, 2.75) is 70.4 Å². The quantitative estimate of drug-likeness (QED) is 0.759. The van der Waals surface area contributed by atoms with Crippen molar-refractivity contribution in [3.05, 3.63) is 0 Å².